The molecule has 2 rings (SSSR count). The van der Waals surface area contributed by atoms with E-state index in [0.29, 0.717) is 5.69 Å². The summed E-state index contributed by atoms with van der Waals surface area (Å²) < 4.78 is 15.1. The third kappa shape index (κ3) is 1.47. The molecule has 0 radical (unpaired) electrons. The Morgan fingerprint density at radius 2 is 1.85 bits per heavy atom. The van der Waals surface area contributed by atoms with Crippen LogP contribution in [0.5, 0.6) is 0 Å². The minimum absolute atomic E-state index is 0.193. The summed E-state index contributed by atoms with van der Waals surface area (Å²) >= 11 is 0. The summed E-state index contributed by atoms with van der Waals surface area (Å²) in [5.74, 6) is -0.193. The number of hydrogen-bond acceptors (Lipinski definition) is 0. The van der Waals surface area contributed by atoms with E-state index in [1.165, 1.54) is 6.07 Å². The van der Waals surface area contributed by atoms with Gasteiger partial charge in [0.05, 0.1) is 5.69 Å². The first kappa shape index (κ1) is 8.05. The Balaban J connectivity index is 2.57. The van der Waals surface area contributed by atoms with Gasteiger partial charge in [-0.3, -0.25) is 0 Å². The maximum absolute atomic E-state index is 13.3. The van der Waals surface area contributed by atoms with Gasteiger partial charge in [0, 0.05) is 12.4 Å². The summed E-state index contributed by atoms with van der Waals surface area (Å²) in [7, 11) is 0. The number of benzene rings is 1. The van der Waals surface area contributed by atoms with Crippen molar-refractivity contribution in [1.82, 2.24) is 4.57 Å². The van der Waals surface area contributed by atoms with Crippen molar-refractivity contribution in [2.75, 3.05) is 0 Å². The molecule has 0 fully saturated rings. The van der Waals surface area contributed by atoms with Crippen molar-refractivity contribution in [1.29, 1.82) is 0 Å². The average molecular weight is 175 g/mol. The number of aromatic nitrogens is 1. The molecule has 0 aliphatic heterocycles. The minimum atomic E-state index is -0.193. The predicted octanol–water partition coefficient (Wildman–Crippen LogP) is 2.92. The van der Waals surface area contributed by atoms with Crippen LogP contribution in [0.25, 0.3) is 5.69 Å². The van der Waals surface area contributed by atoms with Gasteiger partial charge in [0.25, 0.3) is 0 Å². The first-order chi connectivity index (χ1) is 6.27. The van der Waals surface area contributed by atoms with Crippen molar-refractivity contribution in [2.45, 2.75) is 6.92 Å². The Labute approximate surface area is 76.4 Å². The van der Waals surface area contributed by atoms with Crippen LogP contribution in [0, 0.1) is 12.7 Å². The summed E-state index contributed by atoms with van der Waals surface area (Å²) in [6, 6.07) is 8.84. The fraction of sp³-hybridized carbons (Fsp3) is 0.0909. The molecule has 0 unspecified atom stereocenters. The summed E-state index contributed by atoms with van der Waals surface area (Å²) in [6.45, 7) is 1.95. The lowest BCUT2D eigenvalue weighted by atomic mass is 10.2. The van der Waals surface area contributed by atoms with E-state index in [-0.39, 0.29) is 5.82 Å². The smallest absolute Gasteiger partial charge is 0.147 e. The van der Waals surface area contributed by atoms with E-state index in [1.807, 2.05) is 37.5 Å². The lowest BCUT2D eigenvalue weighted by Gasteiger charge is -2.04. The van der Waals surface area contributed by atoms with Crippen LogP contribution in [0.2, 0.25) is 0 Å². The van der Waals surface area contributed by atoms with Crippen molar-refractivity contribution in [3.8, 4) is 5.69 Å². The highest BCUT2D eigenvalue weighted by molar-refractivity contribution is 5.37. The summed E-state index contributed by atoms with van der Waals surface area (Å²) in [5, 5.41) is 0. The standard InChI is InChI=1S/C11H10FN/c1-9-4-5-10(12)11(8-9)13-6-2-3-7-13/h2-8H,1H3. The van der Waals surface area contributed by atoms with Crippen LogP contribution < -0.4 is 0 Å². The fourth-order valence-electron chi connectivity index (χ4n) is 1.32. The van der Waals surface area contributed by atoms with Gasteiger partial charge in [0.15, 0.2) is 0 Å². The van der Waals surface area contributed by atoms with Gasteiger partial charge in [0.2, 0.25) is 0 Å². The zero-order valence-corrected chi connectivity index (χ0v) is 7.37. The number of aryl methyl sites for hydroxylation is 1. The highest BCUT2D eigenvalue weighted by Crippen LogP contribution is 2.14. The van der Waals surface area contributed by atoms with Gasteiger partial charge in [-0.2, -0.15) is 0 Å². The van der Waals surface area contributed by atoms with Gasteiger partial charge in [0.1, 0.15) is 5.82 Å². The summed E-state index contributed by atoms with van der Waals surface area (Å²) in [5.41, 5.74) is 1.66. The average Bonchev–Trinajstić information content (AvgIpc) is 2.61. The maximum Gasteiger partial charge on any atom is 0.147 e. The molecule has 2 aromatic rings. The number of rotatable bonds is 1. The van der Waals surface area contributed by atoms with Crippen LogP contribution in [0.4, 0.5) is 4.39 Å². The van der Waals surface area contributed by atoms with Gasteiger partial charge in [-0.25, -0.2) is 4.39 Å². The fourth-order valence-corrected chi connectivity index (χ4v) is 1.32. The Morgan fingerprint density at radius 3 is 2.54 bits per heavy atom. The van der Waals surface area contributed by atoms with Crippen molar-refractivity contribution >= 4 is 0 Å². The second-order valence-electron chi connectivity index (χ2n) is 3.05. The van der Waals surface area contributed by atoms with Gasteiger partial charge >= 0.3 is 0 Å². The Morgan fingerprint density at radius 1 is 1.15 bits per heavy atom. The topological polar surface area (TPSA) is 4.93 Å². The van der Waals surface area contributed by atoms with Crippen molar-refractivity contribution in [3.05, 3.63) is 54.1 Å². The van der Waals surface area contributed by atoms with E-state index in [1.54, 1.807) is 10.6 Å². The van der Waals surface area contributed by atoms with E-state index >= 15 is 0 Å². The second-order valence-corrected chi connectivity index (χ2v) is 3.05. The predicted molar refractivity (Wildman–Crippen MR) is 50.5 cm³/mol. The second kappa shape index (κ2) is 3.05. The molecule has 0 saturated heterocycles. The van der Waals surface area contributed by atoms with Crippen molar-refractivity contribution in [2.24, 2.45) is 0 Å². The molecule has 1 aromatic carbocycles. The SMILES string of the molecule is Cc1ccc(F)c(-n2cccc2)c1. The normalized spacial score (nSPS) is 10.3. The molecular formula is C11H10FN. The number of nitrogens with zero attached hydrogens (tertiary/aromatic N) is 1. The minimum Gasteiger partial charge on any atom is -0.321 e. The zero-order chi connectivity index (χ0) is 9.26. The Kier molecular flexibility index (Phi) is 1.89. The summed E-state index contributed by atoms with van der Waals surface area (Å²) in [4.78, 5) is 0. The maximum atomic E-state index is 13.3. The molecule has 1 nitrogen and oxygen atoms in total. The molecule has 2 heteroatoms. The van der Waals surface area contributed by atoms with Gasteiger partial charge in [-0.15, -0.1) is 0 Å². The molecule has 0 N–H and O–H groups in total. The molecule has 0 bridgehead atoms. The molecule has 66 valence electrons. The van der Waals surface area contributed by atoms with E-state index in [2.05, 4.69) is 0 Å². The van der Waals surface area contributed by atoms with Crippen LogP contribution in [0.1, 0.15) is 5.56 Å². The van der Waals surface area contributed by atoms with E-state index in [4.69, 9.17) is 0 Å². The monoisotopic (exact) mass is 175 g/mol. The van der Waals surface area contributed by atoms with Crippen molar-refractivity contribution < 1.29 is 4.39 Å². The quantitative estimate of drug-likeness (QED) is 0.628. The van der Waals surface area contributed by atoms with Gasteiger partial charge < -0.3 is 4.57 Å². The third-order valence-corrected chi connectivity index (χ3v) is 1.98. The van der Waals surface area contributed by atoms with Crippen LogP contribution in [0.15, 0.2) is 42.7 Å². The molecule has 13 heavy (non-hydrogen) atoms. The van der Waals surface area contributed by atoms with E-state index < -0.39 is 0 Å². The van der Waals surface area contributed by atoms with Crippen molar-refractivity contribution in [3.63, 3.8) is 0 Å². The molecule has 0 saturated carbocycles. The number of hydrogen-bond donors (Lipinski definition) is 0. The van der Waals surface area contributed by atoms with Gasteiger partial charge in [-0.05, 0) is 36.8 Å². The molecule has 0 atom stereocenters. The lowest BCUT2D eigenvalue weighted by molar-refractivity contribution is 0.618. The highest BCUT2D eigenvalue weighted by Gasteiger charge is 2.02. The Bertz CT molecular complexity index is 404. The largest absolute Gasteiger partial charge is 0.321 e. The van der Waals surface area contributed by atoms with Crippen LogP contribution >= 0.6 is 0 Å². The molecular weight excluding hydrogens is 165 g/mol. The zero-order valence-electron chi connectivity index (χ0n) is 7.37. The molecule has 1 aromatic heterocycles. The van der Waals surface area contributed by atoms with Crippen LogP contribution in [-0.4, -0.2) is 4.57 Å². The van der Waals surface area contributed by atoms with E-state index in [9.17, 15) is 4.39 Å². The van der Waals surface area contributed by atoms with Gasteiger partial charge in [-0.1, -0.05) is 6.07 Å². The Hall–Kier alpha value is -1.57. The molecule has 1 heterocycles. The first-order valence-electron chi connectivity index (χ1n) is 4.17. The first-order valence-corrected chi connectivity index (χ1v) is 4.17. The van der Waals surface area contributed by atoms with E-state index in [0.717, 1.165) is 5.56 Å². The highest BCUT2D eigenvalue weighted by atomic mass is 19.1. The van der Waals surface area contributed by atoms with Crippen LogP contribution in [-0.2, 0) is 0 Å². The molecule has 0 aliphatic rings. The number of halogens is 1. The molecule has 0 aliphatic carbocycles. The van der Waals surface area contributed by atoms with Crippen LogP contribution in [0.3, 0.4) is 0 Å². The third-order valence-electron chi connectivity index (χ3n) is 1.98. The molecule has 0 spiro atoms. The molecule has 0 amide bonds. The lowest BCUT2D eigenvalue weighted by Crippen LogP contribution is -1.94. The summed E-state index contributed by atoms with van der Waals surface area (Å²) in [6.07, 6.45) is 3.66.